The summed E-state index contributed by atoms with van der Waals surface area (Å²) in [7, 11) is 1.69. The van der Waals surface area contributed by atoms with E-state index in [4.69, 9.17) is 9.47 Å². The number of methoxy groups -OCH3 is 1. The van der Waals surface area contributed by atoms with Gasteiger partial charge in [-0.25, -0.2) is 0 Å². The van der Waals surface area contributed by atoms with E-state index in [0.29, 0.717) is 13.2 Å². The molecule has 0 spiro atoms. The SMILES string of the molecule is COC(C)(C)CC(C)NC(=O)C1COCCN1. The third-order valence-corrected chi connectivity index (χ3v) is 2.98. The molecule has 2 unspecified atom stereocenters. The maximum Gasteiger partial charge on any atom is 0.239 e. The summed E-state index contributed by atoms with van der Waals surface area (Å²) in [5.74, 6) is 0.00380. The average molecular weight is 244 g/mol. The highest BCUT2D eigenvalue weighted by atomic mass is 16.5. The van der Waals surface area contributed by atoms with Crippen molar-refractivity contribution in [1.29, 1.82) is 0 Å². The van der Waals surface area contributed by atoms with Gasteiger partial charge in [-0.3, -0.25) is 4.79 Å². The molecule has 0 aromatic rings. The van der Waals surface area contributed by atoms with Gasteiger partial charge in [0, 0.05) is 19.7 Å². The van der Waals surface area contributed by atoms with E-state index in [9.17, 15) is 4.79 Å². The number of rotatable bonds is 5. The summed E-state index contributed by atoms with van der Waals surface area (Å²) in [5, 5.41) is 6.11. The molecule has 1 aliphatic heterocycles. The van der Waals surface area contributed by atoms with Gasteiger partial charge in [-0.15, -0.1) is 0 Å². The van der Waals surface area contributed by atoms with Crippen LogP contribution in [-0.2, 0) is 14.3 Å². The van der Waals surface area contributed by atoms with Crippen LogP contribution in [0.3, 0.4) is 0 Å². The Bertz CT molecular complexity index is 250. The Hall–Kier alpha value is -0.650. The second-order valence-electron chi connectivity index (χ2n) is 5.16. The van der Waals surface area contributed by atoms with E-state index >= 15 is 0 Å². The topological polar surface area (TPSA) is 59.6 Å². The fourth-order valence-corrected chi connectivity index (χ4v) is 1.95. The van der Waals surface area contributed by atoms with Gasteiger partial charge in [0.05, 0.1) is 18.8 Å². The molecule has 0 aromatic heterocycles. The van der Waals surface area contributed by atoms with E-state index in [1.807, 2.05) is 20.8 Å². The normalized spacial score (nSPS) is 23.2. The molecule has 2 atom stereocenters. The first-order chi connectivity index (χ1) is 7.94. The number of carbonyl (C=O) groups is 1. The predicted octanol–water partition coefficient (Wildman–Crippen LogP) is 0.295. The first-order valence-electron chi connectivity index (χ1n) is 6.11. The van der Waals surface area contributed by atoms with Crippen molar-refractivity contribution in [2.75, 3.05) is 26.9 Å². The number of ether oxygens (including phenoxy) is 2. The van der Waals surface area contributed by atoms with Gasteiger partial charge in [-0.05, 0) is 27.2 Å². The van der Waals surface area contributed by atoms with Crippen molar-refractivity contribution in [2.24, 2.45) is 0 Å². The molecule has 0 saturated carbocycles. The standard InChI is InChI=1S/C12H24N2O3/c1-9(7-12(2,3)16-4)14-11(15)10-8-17-6-5-13-10/h9-10,13H,5-8H2,1-4H3,(H,14,15). The minimum absolute atomic E-state index is 0.00380. The Morgan fingerprint density at radius 2 is 2.35 bits per heavy atom. The zero-order valence-electron chi connectivity index (χ0n) is 11.2. The van der Waals surface area contributed by atoms with Crippen molar-refractivity contribution in [3.05, 3.63) is 0 Å². The van der Waals surface area contributed by atoms with Crippen LogP contribution in [-0.4, -0.2) is 50.5 Å². The third-order valence-electron chi connectivity index (χ3n) is 2.98. The van der Waals surface area contributed by atoms with Gasteiger partial charge in [0.1, 0.15) is 6.04 Å². The monoisotopic (exact) mass is 244 g/mol. The number of nitrogens with one attached hydrogen (secondary N) is 2. The second kappa shape index (κ2) is 6.33. The van der Waals surface area contributed by atoms with Gasteiger partial charge in [0.25, 0.3) is 0 Å². The summed E-state index contributed by atoms with van der Waals surface area (Å²) >= 11 is 0. The summed E-state index contributed by atoms with van der Waals surface area (Å²) in [6.07, 6.45) is 0.781. The quantitative estimate of drug-likeness (QED) is 0.730. The first-order valence-corrected chi connectivity index (χ1v) is 6.11. The minimum atomic E-state index is -0.225. The van der Waals surface area contributed by atoms with Gasteiger partial charge < -0.3 is 20.1 Å². The van der Waals surface area contributed by atoms with Crippen LogP contribution in [0.1, 0.15) is 27.2 Å². The summed E-state index contributed by atoms with van der Waals surface area (Å²) in [4.78, 5) is 11.9. The lowest BCUT2D eigenvalue weighted by atomic mass is 9.99. The first kappa shape index (κ1) is 14.4. The van der Waals surface area contributed by atoms with Crippen LogP contribution < -0.4 is 10.6 Å². The van der Waals surface area contributed by atoms with Crippen molar-refractivity contribution in [3.8, 4) is 0 Å². The number of amides is 1. The largest absolute Gasteiger partial charge is 0.379 e. The van der Waals surface area contributed by atoms with Crippen LogP contribution in [0.25, 0.3) is 0 Å². The Kier molecular flexibility index (Phi) is 5.36. The fourth-order valence-electron chi connectivity index (χ4n) is 1.95. The van der Waals surface area contributed by atoms with Crippen LogP contribution in [0.15, 0.2) is 0 Å². The molecule has 1 aliphatic rings. The molecule has 0 radical (unpaired) electrons. The van der Waals surface area contributed by atoms with Crippen LogP contribution in [0.2, 0.25) is 0 Å². The van der Waals surface area contributed by atoms with Gasteiger partial charge in [-0.2, -0.15) is 0 Å². The Morgan fingerprint density at radius 3 is 2.88 bits per heavy atom. The number of carbonyl (C=O) groups excluding carboxylic acids is 1. The molecule has 1 rings (SSSR count). The molecule has 1 saturated heterocycles. The molecular weight excluding hydrogens is 220 g/mol. The Morgan fingerprint density at radius 1 is 1.65 bits per heavy atom. The Balaban J connectivity index is 2.34. The molecular formula is C12H24N2O3. The van der Waals surface area contributed by atoms with E-state index in [-0.39, 0.29) is 23.6 Å². The Labute approximate surface area is 103 Å². The molecule has 0 aliphatic carbocycles. The number of morpholine rings is 1. The summed E-state index contributed by atoms with van der Waals surface area (Å²) in [6.45, 7) is 7.87. The fraction of sp³-hybridized carbons (Fsp3) is 0.917. The maximum atomic E-state index is 11.9. The van der Waals surface area contributed by atoms with E-state index in [1.54, 1.807) is 7.11 Å². The van der Waals surface area contributed by atoms with Gasteiger partial charge in [0.2, 0.25) is 5.91 Å². The van der Waals surface area contributed by atoms with Crippen molar-refractivity contribution >= 4 is 5.91 Å². The molecule has 0 bridgehead atoms. The predicted molar refractivity (Wildman–Crippen MR) is 65.9 cm³/mol. The molecule has 0 aromatic carbocycles. The number of hydrogen-bond acceptors (Lipinski definition) is 4. The lowest BCUT2D eigenvalue weighted by Gasteiger charge is -2.29. The summed E-state index contributed by atoms with van der Waals surface area (Å²) in [5.41, 5.74) is -0.219. The van der Waals surface area contributed by atoms with Crippen molar-refractivity contribution in [3.63, 3.8) is 0 Å². The van der Waals surface area contributed by atoms with Crippen LogP contribution >= 0.6 is 0 Å². The zero-order valence-corrected chi connectivity index (χ0v) is 11.2. The summed E-state index contributed by atoms with van der Waals surface area (Å²) in [6, 6.07) is -0.141. The van der Waals surface area contributed by atoms with E-state index in [2.05, 4.69) is 10.6 Å². The molecule has 100 valence electrons. The van der Waals surface area contributed by atoms with Crippen LogP contribution in [0.4, 0.5) is 0 Å². The number of hydrogen-bond donors (Lipinski definition) is 2. The average Bonchev–Trinajstić information content (AvgIpc) is 2.29. The summed E-state index contributed by atoms with van der Waals surface area (Å²) < 4.78 is 10.6. The maximum absolute atomic E-state index is 11.9. The zero-order chi connectivity index (χ0) is 12.9. The molecule has 5 nitrogen and oxygen atoms in total. The lowest BCUT2D eigenvalue weighted by molar-refractivity contribution is -0.126. The van der Waals surface area contributed by atoms with E-state index < -0.39 is 0 Å². The molecule has 17 heavy (non-hydrogen) atoms. The highest BCUT2D eigenvalue weighted by molar-refractivity contribution is 5.82. The van der Waals surface area contributed by atoms with Crippen molar-refractivity contribution in [1.82, 2.24) is 10.6 Å². The third kappa shape index (κ3) is 5.02. The molecule has 1 amide bonds. The van der Waals surface area contributed by atoms with Crippen LogP contribution in [0.5, 0.6) is 0 Å². The molecule has 1 heterocycles. The highest BCUT2D eigenvalue weighted by Gasteiger charge is 2.25. The minimum Gasteiger partial charge on any atom is -0.379 e. The van der Waals surface area contributed by atoms with Gasteiger partial charge in [-0.1, -0.05) is 0 Å². The van der Waals surface area contributed by atoms with E-state index in [1.165, 1.54) is 0 Å². The highest BCUT2D eigenvalue weighted by Crippen LogP contribution is 2.15. The molecule has 5 heteroatoms. The van der Waals surface area contributed by atoms with Crippen molar-refractivity contribution in [2.45, 2.75) is 44.9 Å². The molecule has 2 N–H and O–H groups in total. The van der Waals surface area contributed by atoms with Gasteiger partial charge >= 0.3 is 0 Å². The second-order valence-corrected chi connectivity index (χ2v) is 5.16. The smallest absolute Gasteiger partial charge is 0.239 e. The van der Waals surface area contributed by atoms with E-state index in [0.717, 1.165) is 13.0 Å². The van der Waals surface area contributed by atoms with Crippen molar-refractivity contribution < 1.29 is 14.3 Å². The molecule has 1 fully saturated rings. The van der Waals surface area contributed by atoms with Crippen LogP contribution in [0, 0.1) is 0 Å². The lowest BCUT2D eigenvalue weighted by Crippen LogP contribution is -2.53. The van der Waals surface area contributed by atoms with Gasteiger partial charge in [0.15, 0.2) is 0 Å².